The van der Waals surface area contributed by atoms with E-state index in [4.69, 9.17) is 19.9 Å². The van der Waals surface area contributed by atoms with Gasteiger partial charge in [0.25, 0.3) is 0 Å². The van der Waals surface area contributed by atoms with Gasteiger partial charge in [-0.25, -0.2) is 4.98 Å². The lowest BCUT2D eigenvalue weighted by Gasteiger charge is -2.13. The van der Waals surface area contributed by atoms with E-state index in [1.54, 1.807) is 0 Å². The monoisotopic (exact) mass is 426 g/mol. The Hall–Kier alpha value is -3.01. The van der Waals surface area contributed by atoms with E-state index in [2.05, 4.69) is 4.98 Å². The van der Waals surface area contributed by atoms with Crippen molar-refractivity contribution in [3.63, 3.8) is 0 Å². The third kappa shape index (κ3) is 3.55. The first-order valence-corrected chi connectivity index (χ1v) is 9.05. The summed E-state index contributed by atoms with van der Waals surface area (Å²) in [5.41, 5.74) is 5.11. The maximum Gasteiger partial charge on any atom is 0.417 e. The molecule has 0 fully saturated rings. The number of hydrogen-bond acceptors (Lipinski definition) is 7. The van der Waals surface area contributed by atoms with Crippen LogP contribution >= 0.6 is 11.3 Å². The van der Waals surface area contributed by atoms with E-state index in [1.165, 1.54) is 40.4 Å². The number of carbonyl (C=O) groups is 1. The van der Waals surface area contributed by atoms with Gasteiger partial charge in [-0.05, 0) is 25.1 Å². The number of halogens is 3. The smallest absolute Gasteiger partial charge is 0.417 e. The Kier molecular flexibility index (Phi) is 5.31. The number of pyridine rings is 1. The fourth-order valence-corrected chi connectivity index (χ4v) is 4.11. The maximum absolute atomic E-state index is 13.5. The summed E-state index contributed by atoms with van der Waals surface area (Å²) in [5.74, 6) is 0.183. The third-order valence-corrected chi connectivity index (χ3v) is 5.36. The van der Waals surface area contributed by atoms with Crippen LogP contribution in [0.5, 0.6) is 17.2 Å². The molecule has 0 aliphatic rings. The van der Waals surface area contributed by atoms with Gasteiger partial charge in [0.2, 0.25) is 11.5 Å². The van der Waals surface area contributed by atoms with Crippen molar-refractivity contribution in [2.75, 3.05) is 27.1 Å². The first kappa shape index (κ1) is 20.7. The molecule has 29 heavy (non-hydrogen) atoms. The fourth-order valence-electron chi connectivity index (χ4n) is 2.98. The summed E-state index contributed by atoms with van der Waals surface area (Å²) >= 11 is 0.810. The number of fused-ring (bicyclic) bond motifs is 1. The van der Waals surface area contributed by atoms with Gasteiger partial charge in [0.1, 0.15) is 9.71 Å². The molecule has 3 rings (SSSR count). The summed E-state index contributed by atoms with van der Waals surface area (Å²) in [4.78, 5) is 17.2. The number of alkyl halides is 3. The van der Waals surface area contributed by atoms with Crippen LogP contribution in [0.2, 0.25) is 0 Å². The van der Waals surface area contributed by atoms with Gasteiger partial charge in [-0.3, -0.25) is 4.79 Å². The minimum atomic E-state index is -4.63. The van der Waals surface area contributed by atoms with Crippen molar-refractivity contribution in [3.05, 3.63) is 39.9 Å². The summed E-state index contributed by atoms with van der Waals surface area (Å²) in [6.07, 6.45) is -4.63. The van der Waals surface area contributed by atoms with Crippen molar-refractivity contribution in [1.29, 1.82) is 0 Å². The number of ketones is 1. The number of rotatable bonds is 5. The second-order valence-corrected chi connectivity index (χ2v) is 7.08. The Morgan fingerprint density at radius 3 is 2.14 bits per heavy atom. The van der Waals surface area contributed by atoms with Crippen LogP contribution in [0.25, 0.3) is 10.2 Å². The van der Waals surface area contributed by atoms with Gasteiger partial charge in [-0.2, -0.15) is 13.2 Å². The summed E-state index contributed by atoms with van der Waals surface area (Å²) < 4.78 is 56.1. The molecule has 6 nitrogen and oxygen atoms in total. The van der Waals surface area contributed by atoms with Gasteiger partial charge in [-0.15, -0.1) is 11.3 Å². The summed E-state index contributed by atoms with van der Waals surface area (Å²) in [6.45, 7) is 1.45. The molecule has 2 N–H and O–H groups in total. The highest BCUT2D eigenvalue weighted by Crippen LogP contribution is 2.44. The van der Waals surface area contributed by atoms with Crippen molar-refractivity contribution in [3.8, 4) is 17.2 Å². The number of ether oxygens (including phenoxy) is 3. The summed E-state index contributed by atoms with van der Waals surface area (Å²) in [7, 11) is 4.20. The fraction of sp³-hybridized carbons (Fsp3) is 0.263. The second-order valence-electron chi connectivity index (χ2n) is 6.08. The molecule has 0 saturated heterocycles. The highest BCUT2D eigenvalue weighted by Gasteiger charge is 2.36. The van der Waals surface area contributed by atoms with Crippen LogP contribution in [0.4, 0.5) is 18.9 Å². The largest absolute Gasteiger partial charge is 0.493 e. The van der Waals surface area contributed by atoms with Crippen LogP contribution < -0.4 is 19.9 Å². The van der Waals surface area contributed by atoms with Crippen LogP contribution in [-0.4, -0.2) is 32.1 Å². The average molecular weight is 426 g/mol. The molecule has 2 aromatic heterocycles. The second kappa shape index (κ2) is 7.43. The minimum Gasteiger partial charge on any atom is -0.493 e. The average Bonchev–Trinajstić information content (AvgIpc) is 3.00. The van der Waals surface area contributed by atoms with Crippen LogP contribution in [-0.2, 0) is 6.18 Å². The van der Waals surface area contributed by atoms with Crippen molar-refractivity contribution in [2.45, 2.75) is 13.1 Å². The predicted molar refractivity (Wildman–Crippen MR) is 103 cm³/mol. The van der Waals surface area contributed by atoms with Crippen molar-refractivity contribution in [1.82, 2.24) is 4.98 Å². The number of thiophene rings is 1. The zero-order chi connectivity index (χ0) is 21.5. The Balaban J connectivity index is 2.22. The zero-order valence-corrected chi connectivity index (χ0v) is 16.7. The first-order valence-electron chi connectivity index (χ1n) is 8.23. The Bertz CT molecular complexity index is 1080. The highest BCUT2D eigenvalue weighted by molar-refractivity contribution is 7.21. The van der Waals surface area contributed by atoms with Gasteiger partial charge in [-0.1, -0.05) is 0 Å². The molecule has 154 valence electrons. The number of nitrogens with two attached hydrogens (primary N) is 1. The van der Waals surface area contributed by atoms with Crippen LogP contribution in [0.1, 0.15) is 26.5 Å². The zero-order valence-electron chi connectivity index (χ0n) is 15.9. The molecule has 10 heteroatoms. The number of benzene rings is 1. The minimum absolute atomic E-state index is 0.0436. The summed E-state index contributed by atoms with van der Waals surface area (Å²) in [6, 6.07) is 3.74. The number of anilines is 1. The Labute approximate surface area is 168 Å². The molecule has 3 aromatic rings. The predicted octanol–water partition coefficient (Wildman–Crippen LogP) is 4.46. The van der Waals surface area contributed by atoms with E-state index in [0.29, 0.717) is 0 Å². The third-order valence-electron chi connectivity index (χ3n) is 4.27. The van der Waals surface area contributed by atoms with Crippen molar-refractivity contribution in [2.24, 2.45) is 0 Å². The van der Waals surface area contributed by atoms with E-state index in [1.807, 2.05) is 0 Å². The topological polar surface area (TPSA) is 83.7 Å². The number of aryl methyl sites for hydroxylation is 1. The lowest BCUT2D eigenvalue weighted by atomic mass is 10.0. The molecule has 1 aromatic carbocycles. The van der Waals surface area contributed by atoms with E-state index in [9.17, 15) is 18.0 Å². The van der Waals surface area contributed by atoms with E-state index in [0.717, 1.165) is 17.4 Å². The number of aromatic nitrogens is 1. The Morgan fingerprint density at radius 1 is 1.07 bits per heavy atom. The molecule has 2 heterocycles. The van der Waals surface area contributed by atoms with Crippen molar-refractivity contribution >= 4 is 33.0 Å². The number of carbonyl (C=O) groups excluding carboxylic acids is 1. The molecule has 0 bridgehead atoms. The van der Waals surface area contributed by atoms with Gasteiger partial charge < -0.3 is 19.9 Å². The van der Waals surface area contributed by atoms with E-state index < -0.39 is 17.5 Å². The lowest BCUT2D eigenvalue weighted by molar-refractivity contribution is -0.136. The van der Waals surface area contributed by atoms with E-state index >= 15 is 0 Å². The normalized spacial score (nSPS) is 11.6. The van der Waals surface area contributed by atoms with E-state index in [-0.39, 0.29) is 49.3 Å². The molecule has 0 radical (unpaired) electrons. The quantitative estimate of drug-likeness (QED) is 0.607. The molecule has 0 amide bonds. The number of nitrogen functional groups attached to an aromatic ring is 1. The standard InChI is InChI=1S/C19H17F3N2O4S/c1-8-5-10(19(20,21)22)13-14(23)17(29-18(13)24-8)15(25)9-6-11(26-2)16(28-4)12(7-9)27-3/h5-7H,23H2,1-4H3. The molecule has 0 saturated carbocycles. The molecular weight excluding hydrogens is 409 g/mol. The molecule has 0 atom stereocenters. The van der Waals surface area contributed by atoms with Gasteiger partial charge in [0.15, 0.2) is 11.5 Å². The lowest BCUT2D eigenvalue weighted by Crippen LogP contribution is -2.08. The molecule has 0 unspecified atom stereocenters. The van der Waals surface area contributed by atoms with Crippen molar-refractivity contribution < 1.29 is 32.2 Å². The maximum atomic E-state index is 13.5. The molecule has 0 spiro atoms. The van der Waals surface area contributed by atoms with Gasteiger partial charge in [0.05, 0.1) is 32.6 Å². The van der Waals surface area contributed by atoms with Crippen LogP contribution in [0.3, 0.4) is 0 Å². The number of methoxy groups -OCH3 is 3. The first-order chi connectivity index (χ1) is 13.6. The van der Waals surface area contributed by atoms with Gasteiger partial charge in [0, 0.05) is 16.6 Å². The molecule has 0 aliphatic carbocycles. The molecular formula is C19H17F3N2O4S. The highest BCUT2D eigenvalue weighted by atomic mass is 32.1. The van der Waals surface area contributed by atoms with Gasteiger partial charge >= 0.3 is 6.18 Å². The SMILES string of the molecule is COc1cc(C(=O)c2sc3nc(C)cc(C(F)(F)F)c3c2N)cc(OC)c1OC. The van der Waals surface area contributed by atoms with Crippen LogP contribution in [0.15, 0.2) is 18.2 Å². The summed E-state index contributed by atoms with van der Waals surface area (Å²) in [5, 5.41) is -0.274. The van der Waals surface area contributed by atoms with Crippen LogP contribution in [0, 0.1) is 6.92 Å². The molecule has 0 aliphatic heterocycles. The number of hydrogen-bond donors (Lipinski definition) is 1. The Morgan fingerprint density at radius 2 is 1.66 bits per heavy atom. The number of nitrogens with zero attached hydrogens (tertiary/aromatic N) is 1.